The summed E-state index contributed by atoms with van der Waals surface area (Å²) in [6, 6.07) is 1.05. The lowest BCUT2D eigenvalue weighted by molar-refractivity contribution is -0.118. The van der Waals surface area contributed by atoms with E-state index in [2.05, 4.69) is 29.3 Å². The topological polar surface area (TPSA) is 76.2 Å². The van der Waals surface area contributed by atoms with Crippen molar-refractivity contribution in [1.82, 2.24) is 14.7 Å². The molecule has 0 bridgehead atoms. The van der Waals surface area contributed by atoms with Crippen LogP contribution in [0, 0.1) is 0 Å². The van der Waals surface area contributed by atoms with Crippen molar-refractivity contribution >= 4 is 11.6 Å². The smallest absolute Gasteiger partial charge is 0.239 e. The molecule has 1 amide bonds. The lowest BCUT2D eigenvalue weighted by Gasteiger charge is -2.13. The van der Waals surface area contributed by atoms with Crippen LogP contribution in [0.25, 0.3) is 0 Å². The zero-order valence-corrected chi connectivity index (χ0v) is 10.3. The highest BCUT2D eigenvalue weighted by atomic mass is 16.1. The van der Waals surface area contributed by atoms with Gasteiger partial charge < -0.3 is 16.0 Å². The van der Waals surface area contributed by atoms with E-state index >= 15 is 0 Å². The van der Waals surface area contributed by atoms with Gasteiger partial charge in [-0.3, -0.25) is 9.48 Å². The van der Waals surface area contributed by atoms with Crippen molar-refractivity contribution in [2.75, 3.05) is 18.9 Å². The van der Waals surface area contributed by atoms with Crippen LogP contribution >= 0.6 is 0 Å². The normalized spacial score (nSPS) is 25.1. The van der Waals surface area contributed by atoms with Crippen LogP contribution in [0.4, 0.5) is 5.69 Å². The fourth-order valence-corrected chi connectivity index (χ4v) is 2.22. The Balaban J connectivity index is 1.91. The fourth-order valence-electron chi connectivity index (χ4n) is 2.22. The molecule has 2 rings (SSSR count). The molecule has 94 valence electrons. The van der Waals surface area contributed by atoms with Gasteiger partial charge in [0.15, 0.2) is 0 Å². The Labute approximate surface area is 101 Å². The quantitative estimate of drug-likeness (QED) is 0.765. The van der Waals surface area contributed by atoms with Gasteiger partial charge in [0.05, 0.1) is 11.9 Å². The molecule has 6 heteroatoms. The number of rotatable bonds is 4. The standard InChI is InChI=1S/C11H19N5O/c1-8-3-9(5-15(8)2)14-10-4-13-16(6-10)7-11(12)17/h4,6,8-9,14H,3,5,7H2,1-2H3,(H2,12,17). The maximum Gasteiger partial charge on any atom is 0.239 e. The van der Waals surface area contributed by atoms with E-state index in [0.717, 1.165) is 18.7 Å². The van der Waals surface area contributed by atoms with Crippen molar-refractivity contribution in [2.24, 2.45) is 5.73 Å². The third-order valence-electron chi connectivity index (χ3n) is 3.21. The highest BCUT2D eigenvalue weighted by molar-refractivity contribution is 5.73. The minimum atomic E-state index is -0.381. The second-order valence-electron chi connectivity index (χ2n) is 4.76. The van der Waals surface area contributed by atoms with Crippen LogP contribution in [0.5, 0.6) is 0 Å². The van der Waals surface area contributed by atoms with Gasteiger partial charge >= 0.3 is 0 Å². The monoisotopic (exact) mass is 237 g/mol. The van der Waals surface area contributed by atoms with E-state index in [4.69, 9.17) is 5.73 Å². The zero-order valence-electron chi connectivity index (χ0n) is 10.3. The lowest BCUT2D eigenvalue weighted by Crippen LogP contribution is -2.24. The van der Waals surface area contributed by atoms with Gasteiger partial charge in [0.1, 0.15) is 6.54 Å². The maximum atomic E-state index is 10.7. The largest absolute Gasteiger partial charge is 0.378 e. The Morgan fingerprint density at radius 1 is 1.71 bits per heavy atom. The number of hydrogen-bond acceptors (Lipinski definition) is 4. The van der Waals surface area contributed by atoms with E-state index in [1.807, 2.05) is 6.20 Å². The third kappa shape index (κ3) is 2.97. The molecule has 2 atom stereocenters. The average Bonchev–Trinajstić information content (AvgIpc) is 2.75. The van der Waals surface area contributed by atoms with E-state index in [1.165, 1.54) is 0 Å². The number of primary amides is 1. The molecule has 6 nitrogen and oxygen atoms in total. The molecule has 1 aromatic heterocycles. The zero-order chi connectivity index (χ0) is 12.4. The second kappa shape index (κ2) is 4.75. The summed E-state index contributed by atoms with van der Waals surface area (Å²) < 4.78 is 1.55. The Bertz CT molecular complexity index is 392. The Hall–Kier alpha value is -1.56. The number of amides is 1. The van der Waals surface area contributed by atoms with Crippen molar-refractivity contribution in [2.45, 2.75) is 32.0 Å². The molecule has 17 heavy (non-hydrogen) atoms. The van der Waals surface area contributed by atoms with Gasteiger partial charge in [-0.15, -0.1) is 0 Å². The molecule has 1 aliphatic heterocycles. The maximum absolute atomic E-state index is 10.7. The van der Waals surface area contributed by atoms with Crippen LogP contribution in [-0.4, -0.2) is 46.3 Å². The second-order valence-corrected chi connectivity index (χ2v) is 4.76. The molecule has 1 aromatic rings. The number of nitrogens with two attached hydrogens (primary N) is 1. The van der Waals surface area contributed by atoms with Gasteiger partial charge in [-0.2, -0.15) is 5.10 Å². The summed E-state index contributed by atoms with van der Waals surface area (Å²) in [7, 11) is 2.13. The number of carbonyl (C=O) groups is 1. The Kier molecular flexibility index (Phi) is 3.33. The van der Waals surface area contributed by atoms with Gasteiger partial charge in [-0.05, 0) is 20.4 Å². The predicted octanol–water partition coefficient (Wildman–Crippen LogP) is -0.127. The first-order valence-electron chi connectivity index (χ1n) is 5.82. The van der Waals surface area contributed by atoms with Crippen molar-refractivity contribution in [1.29, 1.82) is 0 Å². The molecule has 1 saturated heterocycles. The van der Waals surface area contributed by atoms with E-state index in [9.17, 15) is 4.79 Å². The molecule has 3 N–H and O–H groups in total. The van der Waals surface area contributed by atoms with Crippen LogP contribution in [0.1, 0.15) is 13.3 Å². The van der Waals surface area contributed by atoms with Crippen molar-refractivity contribution < 1.29 is 4.79 Å². The minimum absolute atomic E-state index is 0.128. The number of nitrogens with zero attached hydrogens (tertiary/aromatic N) is 3. The summed E-state index contributed by atoms with van der Waals surface area (Å²) >= 11 is 0. The molecule has 0 spiro atoms. The molecular formula is C11H19N5O. The van der Waals surface area contributed by atoms with Gasteiger partial charge in [-0.1, -0.05) is 0 Å². The molecule has 2 unspecified atom stereocenters. The summed E-state index contributed by atoms with van der Waals surface area (Å²) in [5, 5.41) is 7.49. The highest BCUT2D eigenvalue weighted by Crippen LogP contribution is 2.19. The molecule has 1 aliphatic rings. The summed E-state index contributed by atoms with van der Waals surface area (Å²) in [5.74, 6) is -0.381. The van der Waals surface area contributed by atoms with Crippen LogP contribution in [0.2, 0.25) is 0 Å². The summed E-state index contributed by atoms with van der Waals surface area (Å²) in [4.78, 5) is 13.1. The fraction of sp³-hybridized carbons (Fsp3) is 0.636. The lowest BCUT2D eigenvalue weighted by atomic mass is 10.2. The van der Waals surface area contributed by atoms with Crippen molar-refractivity contribution in [3.8, 4) is 0 Å². The number of carbonyl (C=O) groups excluding carboxylic acids is 1. The SMILES string of the molecule is CC1CC(Nc2cnn(CC(N)=O)c2)CN1C. The van der Waals surface area contributed by atoms with Crippen LogP contribution < -0.4 is 11.1 Å². The number of aromatic nitrogens is 2. The molecule has 0 aromatic carbocycles. The van der Waals surface area contributed by atoms with E-state index in [1.54, 1.807) is 10.9 Å². The van der Waals surface area contributed by atoms with Crippen LogP contribution in [0.3, 0.4) is 0 Å². The van der Waals surface area contributed by atoms with E-state index in [-0.39, 0.29) is 12.5 Å². The molecule has 0 saturated carbocycles. The van der Waals surface area contributed by atoms with E-state index in [0.29, 0.717) is 12.1 Å². The van der Waals surface area contributed by atoms with Crippen molar-refractivity contribution in [3.63, 3.8) is 0 Å². The molecule has 0 radical (unpaired) electrons. The number of anilines is 1. The first-order valence-corrected chi connectivity index (χ1v) is 5.82. The highest BCUT2D eigenvalue weighted by Gasteiger charge is 2.25. The number of nitrogens with one attached hydrogen (secondary N) is 1. The Morgan fingerprint density at radius 2 is 2.47 bits per heavy atom. The first kappa shape index (κ1) is 11.9. The molecule has 1 fully saturated rings. The minimum Gasteiger partial charge on any atom is -0.378 e. The summed E-state index contributed by atoms with van der Waals surface area (Å²) in [6.45, 7) is 3.38. The number of likely N-dealkylation sites (tertiary alicyclic amines) is 1. The van der Waals surface area contributed by atoms with Gasteiger partial charge in [-0.25, -0.2) is 0 Å². The van der Waals surface area contributed by atoms with Crippen LogP contribution in [-0.2, 0) is 11.3 Å². The Morgan fingerprint density at radius 3 is 3.06 bits per heavy atom. The predicted molar refractivity (Wildman–Crippen MR) is 65.5 cm³/mol. The number of hydrogen-bond donors (Lipinski definition) is 2. The van der Waals surface area contributed by atoms with Gasteiger partial charge in [0.25, 0.3) is 0 Å². The molecule has 0 aliphatic carbocycles. The van der Waals surface area contributed by atoms with Crippen molar-refractivity contribution in [3.05, 3.63) is 12.4 Å². The molecular weight excluding hydrogens is 218 g/mol. The van der Waals surface area contributed by atoms with Gasteiger partial charge in [0.2, 0.25) is 5.91 Å². The molecule has 2 heterocycles. The average molecular weight is 237 g/mol. The van der Waals surface area contributed by atoms with Gasteiger partial charge in [0, 0.05) is 24.8 Å². The number of likely N-dealkylation sites (N-methyl/N-ethyl adjacent to an activating group) is 1. The van der Waals surface area contributed by atoms with Crippen LogP contribution in [0.15, 0.2) is 12.4 Å². The van der Waals surface area contributed by atoms with E-state index < -0.39 is 0 Å². The third-order valence-corrected chi connectivity index (χ3v) is 3.21. The summed E-state index contributed by atoms with van der Waals surface area (Å²) in [5.41, 5.74) is 6.05. The summed E-state index contributed by atoms with van der Waals surface area (Å²) in [6.07, 6.45) is 4.66. The first-order chi connectivity index (χ1) is 8.04.